The lowest BCUT2D eigenvalue weighted by Crippen LogP contribution is -2.14. The maximum absolute atomic E-state index is 12.1. The van der Waals surface area contributed by atoms with Crippen molar-refractivity contribution in [2.45, 2.75) is 11.3 Å². The molecule has 0 saturated carbocycles. The zero-order chi connectivity index (χ0) is 17.9. The number of anilines is 1. The van der Waals surface area contributed by atoms with Crippen molar-refractivity contribution in [3.8, 4) is 11.3 Å². The van der Waals surface area contributed by atoms with Crippen molar-refractivity contribution >= 4 is 32.2 Å². The molecule has 0 aliphatic carbocycles. The summed E-state index contributed by atoms with van der Waals surface area (Å²) >= 11 is 1.37. The predicted octanol–water partition coefficient (Wildman–Crippen LogP) is 3.39. The summed E-state index contributed by atoms with van der Waals surface area (Å²) in [5, 5.41) is 5.21. The number of hydrogen-bond acceptors (Lipinski definition) is 5. The molecule has 1 amide bonds. The lowest BCUT2D eigenvalue weighted by atomic mass is 10.1. The second kappa shape index (κ2) is 7.16. The number of carbonyl (C=O) groups is 1. The fourth-order valence-corrected chi connectivity index (χ4v) is 3.64. The van der Waals surface area contributed by atoms with Crippen LogP contribution in [0.25, 0.3) is 11.3 Å². The summed E-state index contributed by atoms with van der Waals surface area (Å²) in [6.45, 7) is 0. The van der Waals surface area contributed by atoms with Crippen LogP contribution in [0.2, 0.25) is 0 Å². The predicted molar refractivity (Wildman–Crippen MR) is 99.4 cm³/mol. The van der Waals surface area contributed by atoms with Crippen LogP contribution in [0.15, 0.2) is 64.9 Å². The van der Waals surface area contributed by atoms with Crippen LogP contribution < -0.4 is 5.32 Å². The Kier molecular flexibility index (Phi) is 4.96. The molecule has 2 aromatic carbocycles. The Morgan fingerprint density at radius 2 is 1.76 bits per heavy atom. The zero-order valence-electron chi connectivity index (χ0n) is 13.5. The maximum Gasteiger partial charge on any atom is 0.230 e. The van der Waals surface area contributed by atoms with Gasteiger partial charge in [-0.05, 0) is 17.7 Å². The molecule has 3 aromatic rings. The number of amides is 1. The second-order valence-corrected chi connectivity index (χ2v) is 8.42. The van der Waals surface area contributed by atoms with E-state index >= 15 is 0 Å². The molecule has 0 bridgehead atoms. The summed E-state index contributed by atoms with van der Waals surface area (Å²) in [6.07, 6.45) is 1.31. The van der Waals surface area contributed by atoms with Crippen LogP contribution in [0, 0.1) is 0 Å². The summed E-state index contributed by atoms with van der Waals surface area (Å²) in [5.74, 6) is -0.193. The van der Waals surface area contributed by atoms with E-state index in [2.05, 4.69) is 10.3 Å². The highest BCUT2D eigenvalue weighted by molar-refractivity contribution is 7.90. The monoisotopic (exact) mass is 372 g/mol. The van der Waals surface area contributed by atoms with Gasteiger partial charge in [-0.3, -0.25) is 4.79 Å². The molecule has 0 atom stereocenters. The summed E-state index contributed by atoms with van der Waals surface area (Å²) in [4.78, 5) is 16.8. The van der Waals surface area contributed by atoms with Gasteiger partial charge in [0.25, 0.3) is 0 Å². The highest BCUT2D eigenvalue weighted by Gasteiger charge is 2.10. The van der Waals surface area contributed by atoms with Crippen LogP contribution in [0.4, 0.5) is 5.13 Å². The first-order chi connectivity index (χ1) is 11.9. The van der Waals surface area contributed by atoms with E-state index in [0.717, 1.165) is 23.1 Å². The van der Waals surface area contributed by atoms with Crippen molar-refractivity contribution in [1.29, 1.82) is 0 Å². The van der Waals surface area contributed by atoms with Gasteiger partial charge < -0.3 is 5.32 Å². The number of nitrogens with zero attached hydrogens (tertiary/aromatic N) is 1. The fraction of sp³-hybridized carbons (Fsp3) is 0.111. The van der Waals surface area contributed by atoms with Crippen molar-refractivity contribution in [2.24, 2.45) is 0 Å². The van der Waals surface area contributed by atoms with Gasteiger partial charge in [-0.1, -0.05) is 42.5 Å². The molecule has 0 spiro atoms. The van der Waals surface area contributed by atoms with E-state index in [0.29, 0.717) is 5.13 Å². The van der Waals surface area contributed by atoms with Gasteiger partial charge in [0.1, 0.15) is 0 Å². The highest BCUT2D eigenvalue weighted by atomic mass is 32.2. The Hall–Kier alpha value is -2.51. The largest absolute Gasteiger partial charge is 0.302 e. The minimum absolute atomic E-state index is 0.157. The van der Waals surface area contributed by atoms with Crippen LogP contribution in [0.5, 0.6) is 0 Å². The zero-order valence-corrected chi connectivity index (χ0v) is 15.1. The molecule has 0 aliphatic rings. The van der Waals surface area contributed by atoms with Crippen molar-refractivity contribution in [1.82, 2.24) is 4.98 Å². The van der Waals surface area contributed by atoms with E-state index in [1.807, 2.05) is 35.7 Å². The molecule has 3 rings (SSSR count). The number of carbonyl (C=O) groups excluding carboxylic acids is 1. The Labute approximate surface area is 150 Å². The van der Waals surface area contributed by atoms with Crippen LogP contribution in [0.1, 0.15) is 5.56 Å². The van der Waals surface area contributed by atoms with Crippen molar-refractivity contribution in [2.75, 3.05) is 11.6 Å². The topological polar surface area (TPSA) is 76.1 Å². The smallest absolute Gasteiger partial charge is 0.230 e. The van der Waals surface area contributed by atoms with E-state index in [1.54, 1.807) is 12.1 Å². The SMILES string of the molecule is CS(=O)(=O)c1ccc(CC(=O)Nc2nc(-c3ccccc3)cs2)cc1. The number of thiazole rings is 1. The van der Waals surface area contributed by atoms with Crippen LogP contribution >= 0.6 is 11.3 Å². The van der Waals surface area contributed by atoms with Gasteiger partial charge in [0.05, 0.1) is 17.0 Å². The van der Waals surface area contributed by atoms with Gasteiger partial charge in [-0.25, -0.2) is 13.4 Å². The number of aromatic nitrogens is 1. The first-order valence-electron chi connectivity index (χ1n) is 7.51. The van der Waals surface area contributed by atoms with Crippen molar-refractivity contribution in [3.63, 3.8) is 0 Å². The van der Waals surface area contributed by atoms with E-state index in [-0.39, 0.29) is 17.2 Å². The molecule has 7 heteroatoms. The van der Waals surface area contributed by atoms with E-state index < -0.39 is 9.84 Å². The maximum atomic E-state index is 12.1. The summed E-state index contributed by atoms with van der Waals surface area (Å²) in [7, 11) is -3.23. The summed E-state index contributed by atoms with van der Waals surface area (Å²) in [6, 6.07) is 16.0. The molecule has 1 aromatic heterocycles. The van der Waals surface area contributed by atoms with Crippen LogP contribution in [-0.2, 0) is 21.1 Å². The third-order valence-electron chi connectivity index (χ3n) is 3.54. The van der Waals surface area contributed by atoms with Crippen LogP contribution in [0.3, 0.4) is 0 Å². The molecule has 0 unspecified atom stereocenters. The number of hydrogen-bond donors (Lipinski definition) is 1. The Morgan fingerprint density at radius 3 is 2.40 bits per heavy atom. The molecular weight excluding hydrogens is 356 g/mol. The third kappa shape index (κ3) is 4.52. The van der Waals surface area contributed by atoms with Gasteiger partial charge in [0, 0.05) is 17.2 Å². The number of rotatable bonds is 5. The van der Waals surface area contributed by atoms with Gasteiger partial charge >= 0.3 is 0 Å². The van der Waals surface area contributed by atoms with Gasteiger partial charge in [-0.15, -0.1) is 11.3 Å². The lowest BCUT2D eigenvalue weighted by molar-refractivity contribution is -0.115. The molecule has 0 fully saturated rings. The Morgan fingerprint density at radius 1 is 1.08 bits per heavy atom. The van der Waals surface area contributed by atoms with Crippen molar-refractivity contribution in [3.05, 3.63) is 65.5 Å². The third-order valence-corrected chi connectivity index (χ3v) is 5.42. The molecule has 1 heterocycles. The highest BCUT2D eigenvalue weighted by Crippen LogP contribution is 2.24. The lowest BCUT2D eigenvalue weighted by Gasteiger charge is -2.03. The van der Waals surface area contributed by atoms with Gasteiger partial charge in [0.15, 0.2) is 15.0 Å². The van der Waals surface area contributed by atoms with Crippen LogP contribution in [-0.4, -0.2) is 25.6 Å². The molecule has 25 heavy (non-hydrogen) atoms. The van der Waals surface area contributed by atoms with Gasteiger partial charge in [-0.2, -0.15) is 0 Å². The first-order valence-corrected chi connectivity index (χ1v) is 10.3. The normalized spacial score (nSPS) is 11.2. The average Bonchev–Trinajstić information content (AvgIpc) is 3.03. The number of benzene rings is 2. The number of sulfone groups is 1. The quantitative estimate of drug-likeness (QED) is 0.745. The minimum atomic E-state index is -3.23. The molecule has 5 nitrogen and oxygen atoms in total. The summed E-state index contributed by atoms with van der Waals surface area (Å²) < 4.78 is 22.9. The van der Waals surface area contributed by atoms with E-state index in [9.17, 15) is 13.2 Å². The molecule has 0 radical (unpaired) electrons. The molecular formula is C18H16N2O3S2. The Bertz CT molecular complexity index is 979. The Balaban J connectivity index is 1.64. The second-order valence-electron chi connectivity index (χ2n) is 5.54. The number of nitrogens with one attached hydrogen (secondary N) is 1. The average molecular weight is 372 g/mol. The van der Waals surface area contributed by atoms with Crippen molar-refractivity contribution < 1.29 is 13.2 Å². The minimum Gasteiger partial charge on any atom is -0.302 e. The van der Waals surface area contributed by atoms with Gasteiger partial charge in [0.2, 0.25) is 5.91 Å². The molecule has 128 valence electrons. The summed E-state index contributed by atoms with van der Waals surface area (Å²) in [5.41, 5.74) is 2.55. The fourth-order valence-electron chi connectivity index (χ4n) is 2.28. The molecule has 0 aliphatic heterocycles. The standard InChI is InChI=1S/C18H16N2O3S2/c1-25(22,23)15-9-7-13(8-10-15)11-17(21)20-18-19-16(12-24-18)14-5-3-2-4-6-14/h2-10,12H,11H2,1H3,(H,19,20,21). The van der Waals surface area contributed by atoms with E-state index in [1.165, 1.54) is 23.5 Å². The first kappa shape index (κ1) is 17.3. The molecule has 1 N–H and O–H groups in total. The molecule has 0 saturated heterocycles. The van der Waals surface area contributed by atoms with E-state index in [4.69, 9.17) is 0 Å².